The monoisotopic (exact) mass is 209 g/mol. The molecule has 0 spiro atoms. The van der Waals surface area contributed by atoms with Crippen LogP contribution in [-0.2, 0) is 0 Å². The van der Waals surface area contributed by atoms with Crippen molar-refractivity contribution in [2.75, 3.05) is 5.73 Å². The molecule has 0 aliphatic heterocycles. The number of hydrogen-bond acceptors (Lipinski definition) is 2. The van der Waals surface area contributed by atoms with E-state index in [1.807, 2.05) is 30.5 Å². The Hall–Kier alpha value is -2.29. The van der Waals surface area contributed by atoms with Crippen LogP contribution in [-0.4, -0.2) is 9.97 Å². The van der Waals surface area contributed by atoms with Gasteiger partial charge in [0, 0.05) is 29.0 Å². The van der Waals surface area contributed by atoms with Gasteiger partial charge in [-0.05, 0) is 11.6 Å². The number of benzene rings is 1. The van der Waals surface area contributed by atoms with Crippen LogP contribution in [0.3, 0.4) is 0 Å². The lowest BCUT2D eigenvalue weighted by Gasteiger charge is -2.01. The second kappa shape index (κ2) is 3.38. The van der Waals surface area contributed by atoms with Crippen LogP contribution in [0.5, 0.6) is 0 Å². The first-order chi connectivity index (χ1) is 7.86. The molecule has 0 unspecified atom stereocenters. The van der Waals surface area contributed by atoms with Crippen molar-refractivity contribution in [3.05, 3.63) is 48.8 Å². The van der Waals surface area contributed by atoms with E-state index >= 15 is 0 Å². The quantitative estimate of drug-likeness (QED) is 0.647. The van der Waals surface area contributed by atoms with Crippen molar-refractivity contribution in [3.63, 3.8) is 0 Å². The average Bonchev–Trinajstić information content (AvgIpc) is 2.75. The number of fused-ring (bicyclic) bond motifs is 1. The average molecular weight is 209 g/mol. The number of aromatic nitrogens is 2. The number of hydrogen-bond donors (Lipinski definition) is 2. The Bertz CT molecular complexity index is 626. The Kier molecular flexibility index (Phi) is 1.90. The molecule has 1 aromatic carbocycles. The summed E-state index contributed by atoms with van der Waals surface area (Å²) < 4.78 is 0. The van der Waals surface area contributed by atoms with Gasteiger partial charge in [0.2, 0.25) is 0 Å². The largest absolute Gasteiger partial charge is 0.398 e. The lowest BCUT2D eigenvalue weighted by atomic mass is 10.1. The van der Waals surface area contributed by atoms with Gasteiger partial charge in [-0.15, -0.1) is 0 Å². The van der Waals surface area contributed by atoms with Gasteiger partial charge < -0.3 is 10.7 Å². The van der Waals surface area contributed by atoms with Crippen LogP contribution in [0.2, 0.25) is 0 Å². The zero-order chi connectivity index (χ0) is 11.0. The zero-order valence-corrected chi connectivity index (χ0v) is 8.64. The van der Waals surface area contributed by atoms with E-state index in [-0.39, 0.29) is 0 Å². The fourth-order valence-corrected chi connectivity index (χ4v) is 1.93. The number of pyridine rings is 1. The third kappa shape index (κ3) is 1.26. The first kappa shape index (κ1) is 8.97. The Morgan fingerprint density at radius 2 is 1.88 bits per heavy atom. The first-order valence-electron chi connectivity index (χ1n) is 5.13. The topological polar surface area (TPSA) is 54.7 Å². The van der Waals surface area contributed by atoms with Gasteiger partial charge in [-0.1, -0.05) is 30.3 Å². The number of rotatable bonds is 1. The molecule has 2 aromatic heterocycles. The Morgan fingerprint density at radius 1 is 1.06 bits per heavy atom. The molecular formula is C13H11N3. The van der Waals surface area contributed by atoms with Gasteiger partial charge in [0.1, 0.15) is 5.65 Å². The molecule has 0 aliphatic rings. The molecule has 78 valence electrons. The molecule has 0 radical (unpaired) electrons. The molecule has 0 amide bonds. The maximum atomic E-state index is 5.98. The van der Waals surface area contributed by atoms with Gasteiger partial charge in [-0.2, -0.15) is 0 Å². The predicted octanol–water partition coefficient (Wildman–Crippen LogP) is 2.81. The standard InChI is InChI=1S/C13H11N3/c14-11-6-7-15-13-12(11)10(8-16-13)9-4-2-1-3-5-9/h1-8H,(H3,14,15,16). The number of nitrogens with one attached hydrogen (secondary N) is 1. The lowest BCUT2D eigenvalue weighted by molar-refractivity contribution is 1.33. The normalized spacial score (nSPS) is 10.8. The minimum atomic E-state index is 0.755. The number of nitrogens with two attached hydrogens (primary N) is 1. The van der Waals surface area contributed by atoms with Crippen molar-refractivity contribution in [2.45, 2.75) is 0 Å². The van der Waals surface area contributed by atoms with Crippen molar-refractivity contribution < 1.29 is 0 Å². The van der Waals surface area contributed by atoms with Crippen LogP contribution in [0.4, 0.5) is 5.69 Å². The molecule has 16 heavy (non-hydrogen) atoms. The number of anilines is 1. The molecule has 0 fully saturated rings. The Morgan fingerprint density at radius 3 is 2.69 bits per heavy atom. The number of H-pyrrole nitrogens is 1. The number of nitrogen functional groups attached to an aromatic ring is 1. The molecule has 0 saturated heterocycles. The van der Waals surface area contributed by atoms with Gasteiger partial charge >= 0.3 is 0 Å². The fourth-order valence-electron chi connectivity index (χ4n) is 1.93. The maximum Gasteiger partial charge on any atom is 0.139 e. The second-order valence-corrected chi connectivity index (χ2v) is 3.69. The zero-order valence-electron chi connectivity index (χ0n) is 8.64. The van der Waals surface area contributed by atoms with Crippen molar-refractivity contribution >= 4 is 16.7 Å². The highest BCUT2D eigenvalue weighted by Gasteiger charge is 2.08. The van der Waals surface area contributed by atoms with E-state index in [1.54, 1.807) is 6.20 Å². The van der Waals surface area contributed by atoms with Crippen LogP contribution in [0.25, 0.3) is 22.2 Å². The van der Waals surface area contributed by atoms with E-state index in [4.69, 9.17) is 5.73 Å². The minimum Gasteiger partial charge on any atom is -0.398 e. The number of aromatic amines is 1. The van der Waals surface area contributed by atoms with Crippen LogP contribution >= 0.6 is 0 Å². The lowest BCUT2D eigenvalue weighted by Crippen LogP contribution is -1.87. The summed E-state index contributed by atoms with van der Waals surface area (Å²) in [4.78, 5) is 7.39. The van der Waals surface area contributed by atoms with Gasteiger partial charge in [0.05, 0.1) is 0 Å². The highest BCUT2D eigenvalue weighted by Crippen LogP contribution is 2.30. The Balaban J connectivity index is 2.33. The summed E-state index contributed by atoms with van der Waals surface area (Å²) in [7, 11) is 0. The van der Waals surface area contributed by atoms with Crippen molar-refractivity contribution in [1.29, 1.82) is 0 Å². The molecule has 3 nitrogen and oxygen atoms in total. The third-order valence-electron chi connectivity index (χ3n) is 2.69. The maximum absolute atomic E-state index is 5.98. The van der Waals surface area contributed by atoms with Crippen LogP contribution < -0.4 is 5.73 Å². The summed E-state index contributed by atoms with van der Waals surface area (Å²) in [5, 5.41) is 0.994. The van der Waals surface area contributed by atoms with Crippen molar-refractivity contribution in [2.24, 2.45) is 0 Å². The van der Waals surface area contributed by atoms with Gasteiger partial charge in [0.15, 0.2) is 0 Å². The molecule has 3 heteroatoms. The second-order valence-electron chi connectivity index (χ2n) is 3.69. The molecule has 0 saturated carbocycles. The molecule has 0 bridgehead atoms. The predicted molar refractivity (Wildman–Crippen MR) is 65.9 cm³/mol. The van der Waals surface area contributed by atoms with Gasteiger partial charge in [0.25, 0.3) is 0 Å². The molecule has 3 N–H and O–H groups in total. The van der Waals surface area contributed by atoms with Crippen LogP contribution in [0.1, 0.15) is 0 Å². The van der Waals surface area contributed by atoms with Gasteiger partial charge in [-0.3, -0.25) is 0 Å². The van der Waals surface area contributed by atoms with E-state index in [1.165, 1.54) is 0 Å². The van der Waals surface area contributed by atoms with E-state index in [0.717, 1.165) is 27.8 Å². The first-order valence-corrected chi connectivity index (χ1v) is 5.13. The summed E-state index contributed by atoms with van der Waals surface area (Å²) in [6.07, 6.45) is 3.66. The molecule has 3 rings (SSSR count). The van der Waals surface area contributed by atoms with E-state index in [0.29, 0.717) is 0 Å². The molecule has 0 aliphatic carbocycles. The summed E-state index contributed by atoms with van der Waals surface area (Å²) in [5.74, 6) is 0. The summed E-state index contributed by atoms with van der Waals surface area (Å²) >= 11 is 0. The SMILES string of the molecule is Nc1ccnc2[nH]cc(-c3ccccc3)c12. The van der Waals surface area contributed by atoms with Gasteiger partial charge in [-0.25, -0.2) is 4.98 Å². The van der Waals surface area contributed by atoms with Crippen LogP contribution in [0, 0.1) is 0 Å². The minimum absolute atomic E-state index is 0.755. The van der Waals surface area contributed by atoms with E-state index in [9.17, 15) is 0 Å². The summed E-state index contributed by atoms with van der Waals surface area (Å²) in [6.45, 7) is 0. The van der Waals surface area contributed by atoms with Crippen molar-refractivity contribution in [1.82, 2.24) is 9.97 Å². The van der Waals surface area contributed by atoms with E-state index in [2.05, 4.69) is 22.1 Å². The Labute approximate surface area is 92.9 Å². The third-order valence-corrected chi connectivity index (χ3v) is 2.69. The molecule has 3 aromatic rings. The van der Waals surface area contributed by atoms with E-state index < -0.39 is 0 Å². The van der Waals surface area contributed by atoms with Crippen LogP contribution in [0.15, 0.2) is 48.8 Å². The fraction of sp³-hybridized carbons (Fsp3) is 0. The molecule has 2 heterocycles. The molecular weight excluding hydrogens is 198 g/mol. The highest BCUT2D eigenvalue weighted by atomic mass is 14.8. The summed E-state index contributed by atoms with van der Waals surface area (Å²) in [5.41, 5.74) is 9.81. The number of nitrogens with zero attached hydrogens (tertiary/aromatic N) is 1. The van der Waals surface area contributed by atoms with Crippen molar-refractivity contribution in [3.8, 4) is 11.1 Å². The highest BCUT2D eigenvalue weighted by molar-refractivity contribution is 6.01. The molecule has 0 atom stereocenters. The smallest absolute Gasteiger partial charge is 0.139 e. The summed E-state index contributed by atoms with van der Waals surface area (Å²) in [6, 6.07) is 12.0.